The van der Waals surface area contributed by atoms with E-state index in [2.05, 4.69) is 13.8 Å². The zero-order chi connectivity index (χ0) is 13.0. The molecule has 0 saturated heterocycles. The summed E-state index contributed by atoms with van der Waals surface area (Å²) in [6, 6.07) is 5.11. The van der Waals surface area contributed by atoms with E-state index in [0.29, 0.717) is 0 Å². The Bertz CT molecular complexity index is 270. The maximum Gasteiger partial charge on any atom is 0.118 e. The van der Waals surface area contributed by atoms with Gasteiger partial charge in [-0.15, -0.1) is 0 Å². The van der Waals surface area contributed by atoms with Crippen LogP contribution in [-0.2, 0) is 11.4 Å². The first-order valence-corrected chi connectivity index (χ1v) is 5.34. The lowest BCUT2D eigenvalue weighted by molar-refractivity contribution is -0.0979. The highest BCUT2D eigenvalue weighted by atomic mass is 16.3. The molecule has 0 aliphatic carbocycles. The summed E-state index contributed by atoms with van der Waals surface area (Å²) in [5.41, 5.74) is 1.53. The molecule has 0 bridgehead atoms. The van der Waals surface area contributed by atoms with Gasteiger partial charge in [-0.1, -0.05) is 38.8 Å². The van der Waals surface area contributed by atoms with Crippen LogP contribution in [0.1, 0.15) is 37.8 Å². The van der Waals surface area contributed by atoms with E-state index < -0.39 is 0 Å². The maximum absolute atomic E-state index is 9.12. The molecule has 0 atom stereocenters. The standard InChI is InChI=1S/C8H10O2.C4H10.CH2O/c1-6-7(5-9)3-2-4-8(6)10;1-3-4-2;1-2/h2-4,9-10H,5H2,1H3;3-4H2,1-2H3;1H2. The lowest BCUT2D eigenvalue weighted by atomic mass is 10.1. The Morgan fingerprint density at radius 1 is 1.19 bits per heavy atom. The van der Waals surface area contributed by atoms with Gasteiger partial charge < -0.3 is 15.0 Å². The van der Waals surface area contributed by atoms with E-state index in [4.69, 9.17) is 15.0 Å². The van der Waals surface area contributed by atoms with Crippen molar-refractivity contribution in [1.82, 2.24) is 0 Å². The molecular formula is C13H22O3. The van der Waals surface area contributed by atoms with Gasteiger partial charge in [-0.2, -0.15) is 0 Å². The van der Waals surface area contributed by atoms with Crippen LogP contribution in [0.5, 0.6) is 5.75 Å². The average molecular weight is 226 g/mol. The van der Waals surface area contributed by atoms with Gasteiger partial charge in [0.05, 0.1) is 6.61 Å². The molecule has 92 valence electrons. The Labute approximate surface area is 97.7 Å². The number of benzene rings is 1. The predicted octanol–water partition coefficient (Wildman–Crippen LogP) is 2.81. The lowest BCUT2D eigenvalue weighted by Gasteiger charge is -2.02. The van der Waals surface area contributed by atoms with Crippen LogP contribution in [-0.4, -0.2) is 17.0 Å². The highest BCUT2D eigenvalue weighted by molar-refractivity contribution is 5.37. The van der Waals surface area contributed by atoms with Gasteiger partial charge in [0.2, 0.25) is 0 Å². The van der Waals surface area contributed by atoms with Crippen molar-refractivity contribution in [2.75, 3.05) is 0 Å². The zero-order valence-electron chi connectivity index (χ0n) is 10.4. The monoisotopic (exact) mass is 226 g/mol. The molecule has 2 N–H and O–H groups in total. The summed E-state index contributed by atoms with van der Waals surface area (Å²) >= 11 is 0. The zero-order valence-corrected chi connectivity index (χ0v) is 10.4. The molecular weight excluding hydrogens is 204 g/mol. The molecule has 1 rings (SSSR count). The molecule has 0 saturated carbocycles. The van der Waals surface area contributed by atoms with Gasteiger partial charge in [0.15, 0.2) is 0 Å². The van der Waals surface area contributed by atoms with E-state index in [1.807, 2.05) is 6.79 Å². The second-order valence-electron chi connectivity index (χ2n) is 3.22. The van der Waals surface area contributed by atoms with Crippen LogP contribution < -0.4 is 0 Å². The molecule has 0 fully saturated rings. The van der Waals surface area contributed by atoms with Crippen molar-refractivity contribution in [3.63, 3.8) is 0 Å². The third-order valence-electron chi connectivity index (χ3n) is 2.09. The van der Waals surface area contributed by atoms with Crippen LogP contribution in [0.25, 0.3) is 0 Å². The number of carbonyl (C=O) groups excluding carboxylic acids is 1. The molecule has 1 aromatic carbocycles. The highest BCUT2D eigenvalue weighted by Crippen LogP contribution is 2.18. The Balaban J connectivity index is 0. The Kier molecular flexibility index (Phi) is 12.5. The molecule has 0 aliphatic rings. The van der Waals surface area contributed by atoms with E-state index in [1.165, 1.54) is 12.8 Å². The average Bonchev–Trinajstić information content (AvgIpc) is 2.35. The third-order valence-corrected chi connectivity index (χ3v) is 2.09. The summed E-state index contributed by atoms with van der Waals surface area (Å²) in [6.07, 6.45) is 2.64. The number of aliphatic hydroxyl groups excluding tert-OH is 1. The van der Waals surface area contributed by atoms with Gasteiger partial charge in [-0.05, 0) is 24.1 Å². The van der Waals surface area contributed by atoms with E-state index in [-0.39, 0.29) is 12.4 Å². The van der Waals surface area contributed by atoms with Crippen LogP contribution >= 0.6 is 0 Å². The summed E-state index contributed by atoms with van der Waals surface area (Å²) in [7, 11) is 0. The van der Waals surface area contributed by atoms with Crippen LogP contribution in [0.3, 0.4) is 0 Å². The maximum atomic E-state index is 9.12. The van der Waals surface area contributed by atoms with Crippen molar-refractivity contribution in [3.8, 4) is 5.75 Å². The second kappa shape index (κ2) is 11.7. The first-order valence-electron chi connectivity index (χ1n) is 5.34. The Hall–Kier alpha value is -1.35. The SMILES string of the molecule is C=O.CCCC.Cc1c(O)cccc1CO. The quantitative estimate of drug-likeness (QED) is 0.815. The molecule has 0 aromatic heterocycles. The van der Waals surface area contributed by atoms with Crippen LogP contribution in [0, 0.1) is 6.92 Å². The van der Waals surface area contributed by atoms with Crippen molar-refractivity contribution in [3.05, 3.63) is 29.3 Å². The van der Waals surface area contributed by atoms with Crippen molar-refractivity contribution in [1.29, 1.82) is 0 Å². The first-order chi connectivity index (χ1) is 7.67. The number of phenolic OH excluding ortho intramolecular Hbond substituents is 1. The molecule has 0 amide bonds. The molecule has 0 heterocycles. The molecule has 0 spiro atoms. The molecule has 3 heteroatoms. The van der Waals surface area contributed by atoms with Crippen LogP contribution in [0.4, 0.5) is 0 Å². The van der Waals surface area contributed by atoms with Crippen molar-refractivity contribution in [2.24, 2.45) is 0 Å². The molecule has 1 aromatic rings. The van der Waals surface area contributed by atoms with Gasteiger partial charge in [0, 0.05) is 0 Å². The van der Waals surface area contributed by atoms with Gasteiger partial charge in [-0.25, -0.2) is 0 Å². The molecule has 3 nitrogen and oxygen atoms in total. The van der Waals surface area contributed by atoms with E-state index >= 15 is 0 Å². The number of aliphatic hydroxyl groups is 1. The largest absolute Gasteiger partial charge is 0.508 e. The molecule has 0 radical (unpaired) electrons. The molecule has 16 heavy (non-hydrogen) atoms. The lowest BCUT2D eigenvalue weighted by Crippen LogP contribution is -1.87. The van der Waals surface area contributed by atoms with Crippen molar-refractivity contribution in [2.45, 2.75) is 40.2 Å². The van der Waals surface area contributed by atoms with Crippen LogP contribution in [0.15, 0.2) is 18.2 Å². The summed E-state index contributed by atoms with van der Waals surface area (Å²) in [6.45, 7) is 8.13. The van der Waals surface area contributed by atoms with Gasteiger partial charge >= 0.3 is 0 Å². The fraction of sp³-hybridized carbons (Fsp3) is 0.462. The smallest absolute Gasteiger partial charge is 0.118 e. The Morgan fingerprint density at radius 2 is 1.69 bits per heavy atom. The van der Waals surface area contributed by atoms with E-state index in [9.17, 15) is 0 Å². The minimum Gasteiger partial charge on any atom is -0.508 e. The van der Waals surface area contributed by atoms with Gasteiger partial charge in [0.1, 0.15) is 12.5 Å². The second-order valence-corrected chi connectivity index (χ2v) is 3.22. The summed E-state index contributed by atoms with van der Waals surface area (Å²) in [5, 5.41) is 17.9. The molecule has 0 aliphatic heterocycles. The van der Waals surface area contributed by atoms with Crippen molar-refractivity contribution < 1.29 is 15.0 Å². The van der Waals surface area contributed by atoms with Crippen molar-refractivity contribution >= 4 is 6.79 Å². The normalized spacial score (nSPS) is 8.25. The number of hydrogen-bond acceptors (Lipinski definition) is 3. The number of aromatic hydroxyl groups is 1. The fourth-order valence-corrected chi connectivity index (χ4v) is 0.841. The van der Waals surface area contributed by atoms with Gasteiger partial charge in [0.25, 0.3) is 0 Å². The first kappa shape index (κ1) is 17.1. The van der Waals surface area contributed by atoms with Gasteiger partial charge in [-0.3, -0.25) is 0 Å². The minimum atomic E-state index is -0.0137. The Morgan fingerprint density at radius 3 is 2.00 bits per heavy atom. The number of rotatable bonds is 2. The van der Waals surface area contributed by atoms with Crippen LogP contribution in [0.2, 0.25) is 0 Å². The third kappa shape index (κ3) is 7.01. The summed E-state index contributed by atoms with van der Waals surface area (Å²) < 4.78 is 0. The predicted molar refractivity (Wildman–Crippen MR) is 66.5 cm³/mol. The number of phenols is 1. The van der Waals surface area contributed by atoms with E-state index in [0.717, 1.165) is 11.1 Å². The minimum absolute atomic E-state index is 0.0137. The fourth-order valence-electron chi connectivity index (χ4n) is 0.841. The number of hydrogen-bond donors (Lipinski definition) is 2. The highest BCUT2D eigenvalue weighted by Gasteiger charge is 1.98. The van der Waals surface area contributed by atoms with E-state index in [1.54, 1.807) is 25.1 Å². The molecule has 0 unspecified atom stereocenters. The summed E-state index contributed by atoms with van der Waals surface area (Å²) in [5.74, 6) is 0.242. The number of unbranched alkanes of at least 4 members (excludes halogenated alkanes) is 1. The topological polar surface area (TPSA) is 57.5 Å². The number of carbonyl (C=O) groups is 1. The summed E-state index contributed by atoms with van der Waals surface area (Å²) in [4.78, 5) is 8.00.